The van der Waals surface area contributed by atoms with E-state index >= 15 is 0 Å². The van der Waals surface area contributed by atoms with Crippen molar-refractivity contribution in [2.24, 2.45) is 0 Å². The standard InChI is InChI=1S/6FH.4H3N.Zn/h6*1H;4*1H3;/q;;;;;;;;;;+2/p-2. The molecule has 0 heterocycles. The van der Waals surface area contributed by atoms with Gasteiger partial charge in [-0.1, -0.05) is 0 Å². The van der Waals surface area contributed by atoms with Crippen molar-refractivity contribution in [2.45, 2.75) is 0 Å². The van der Waals surface area contributed by atoms with E-state index in [9.17, 15) is 19.9 Å². The van der Waals surface area contributed by atoms with E-state index in [4.69, 9.17) is 0 Å². The second kappa shape index (κ2) is 3.63. The molecule has 0 bridgehead atoms. The zero-order valence-corrected chi connectivity index (χ0v) is 9.94. The molecule has 0 radical (unpaired) electrons. The number of halogens is 6. The molecule has 0 saturated heterocycles. The molecule has 0 saturated carbocycles. The van der Waals surface area contributed by atoms with Crippen LogP contribution in [0.4, 0.5) is 19.9 Å². The molecule has 16 N–H and O–H groups in total. The molecule has 4 nitrogen and oxygen atoms in total. The summed E-state index contributed by atoms with van der Waals surface area (Å²) < 4.78 is 59.6. The van der Waals surface area contributed by atoms with Gasteiger partial charge in [0.1, 0.15) is 0 Å². The average Bonchev–Trinajstić information content (AvgIpc) is 0.592. The summed E-state index contributed by atoms with van der Waals surface area (Å²) in [5, 5.41) is 0. The summed E-state index contributed by atoms with van der Waals surface area (Å²) in [7, 11) is 0. The molecular weight excluding hydrogens is 235 g/mol. The van der Waals surface area contributed by atoms with Crippen LogP contribution in [-0.2, 0) is 15.4 Å². The molecule has 0 unspecified atom stereocenters. The van der Waals surface area contributed by atoms with Crippen LogP contribution in [0.3, 0.4) is 0 Å². The fraction of sp³-hybridized carbons (Fsp3) is 0. The van der Waals surface area contributed by atoms with Gasteiger partial charge in [-0.05, 0) is 0 Å². The molecule has 11 heavy (non-hydrogen) atoms. The monoisotopic (exact) mass is 250 g/mol. The van der Waals surface area contributed by atoms with Crippen molar-refractivity contribution in [3.05, 3.63) is 0 Å². The average molecular weight is 252 g/mol. The molecule has 80 valence electrons. The third-order valence-corrected chi connectivity index (χ3v) is 0. The smallest absolute Gasteiger partial charge is 0.369 e. The van der Waals surface area contributed by atoms with E-state index in [2.05, 4.69) is 0 Å². The normalized spacial score (nSPS) is 14.7. The molecule has 0 aromatic heterocycles. The predicted molar refractivity (Wildman–Crippen MR) is 30.6 cm³/mol. The first-order chi connectivity index (χ1) is 2.45. The largest absolute Gasteiger partial charge is 0.369 e. The summed E-state index contributed by atoms with van der Waals surface area (Å²) in [4.78, 5) is 0. The van der Waals surface area contributed by atoms with E-state index in [1.54, 1.807) is 0 Å². The predicted octanol–water partition coefficient (Wildman–Crippen LogP) is 4.02. The van der Waals surface area contributed by atoms with Gasteiger partial charge in [-0.3, -0.25) is 0 Å². The van der Waals surface area contributed by atoms with Crippen LogP contribution in [0.5, 0.6) is 0 Å². The Balaban J connectivity index is -0.0000000300. The molecule has 0 amide bonds. The minimum atomic E-state index is -11.4. The third-order valence-electron chi connectivity index (χ3n) is 0. The van der Waals surface area contributed by atoms with E-state index in [1.165, 1.54) is 0 Å². The summed E-state index contributed by atoms with van der Waals surface area (Å²) in [6.45, 7) is 0. The maximum absolute atomic E-state index is 11.4. The Labute approximate surface area is 60.8 Å². The van der Waals surface area contributed by atoms with Crippen LogP contribution < -0.4 is 24.6 Å². The topological polar surface area (TPSA) is 146 Å². The molecule has 0 atom stereocenters. The number of hydrogen-bond acceptors (Lipinski definition) is 0. The fourth-order valence-electron chi connectivity index (χ4n) is 0. The zero-order valence-electron chi connectivity index (χ0n) is 6.97. The number of quaternary nitrogens is 4. The molecule has 11 heteroatoms. The Morgan fingerprint density at radius 1 is 0.455 bits per heavy atom. The van der Waals surface area contributed by atoms with Crippen molar-refractivity contribution in [1.29, 1.82) is 0 Å². The molecule has 0 spiro atoms. The van der Waals surface area contributed by atoms with Gasteiger partial charge in [-0.15, -0.1) is 0 Å². The van der Waals surface area contributed by atoms with Gasteiger partial charge < -0.3 is 24.6 Å². The molecule has 0 rings (SSSR count). The summed E-state index contributed by atoms with van der Waals surface area (Å²) >= 11 is -11.4. The first kappa shape index (κ1) is 30.5. The summed E-state index contributed by atoms with van der Waals surface area (Å²) in [5.41, 5.74) is 0. The second-order valence-electron chi connectivity index (χ2n) is 1.52. The summed E-state index contributed by atoms with van der Waals surface area (Å²) in [6, 6.07) is 0. The molecule has 0 fully saturated rings. The molecule has 0 aromatic rings. The Bertz CT molecular complexity index is 73.1. The van der Waals surface area contributed by atoms with Crippen molar-refractivity contribution >= 4 is 0 Å². The SMILES string of the molecule is [F][Zn-4]([F])([F])([F])([F])[F].[NH4+].[NH4+].[NH4+].[NH4+]. The third kappa shape index (κ3) is 345000. The van der Waals surface area contributed by atoms with Crippen molar-refractivity contribution in [3.63, 3.8) is 0 Å². The Kier molecular flexibility index (Phi) is 10.1. The quantitative estimate of drug-likeness (QED) is 0.364. The molecule has 0 aliphatic carbocycles. The second-order valence-corrected chi connectivity index (χ2v) is 7.87. The molecular formula is H16F6N4Zn. The van der Waals surface area contributed by atoms with Crippen molar-refractivity contribution in [1.82, 2.24) is 24.6 Å². The molecule has 0 aliphatic heterocycles. The van der Waals surface area contributed by atoms with Gasteiger partial charge in [0.2, 0.25) is 0 Å². The van der Waals surface area contributed by atoms with Crippen LogP contribution in [0, 0.1) is 0 Å². The van der Waals surface area contributed by atoms with Crippen molar-refractivity contribution in [3.8, 4) is 0 Å². The minimum Gasteiger partial charge on any atom is -0.369 e. The Hall–Kier alpha value is 0.0434. The maximum atomic E-state index is 9.94. The van der Waals surface area contributed by atoms with Crippen LogP contribution in [0.2, 0.25) is 0 Å². The number of rotatable bonds is 0. The van der Waals surface area contributed by atoms with E-state index in [1.807, 2.05) is 0 Å². The van der Waals surface area contributed by atoms with E-state index in [0.717, 1.165) is 0 Å². The van der Waals surface area contributed by atoms with Crippen LogP contribution in [0.25, 0.3) is 0 Å². The van der Waals surface area contributed by atoms with Crippen molar-refractivity contribution < 1.29 is 35.3 Å². The molecule has 0 aliphatic rings. The summed E-state index contributed by atoms with van der Waals surface area (Å²) in [6.07, 6.45) is 0. The first-order valence-electron chi connectivity index (χ1n) is 1.60. The van der Waals surface area contributed by atoms with Gasteiger partial charge in [0, 0.05) is 0 Å². The van der Waals surface area contributed by atoms with Gasteiger partial charge in [-0.25, -0.2) is 0 Å². The van der Waals surface area contributed by atoms with E-state index in [0.29, 0.717) is 0 Å². The Morgan fingerprint density at radius 2 is 0.455 bits per heavy atom. The van der Waals surface area contributed by atoms with Gasteiger partial charge in [-0.2, -0.15) is 0 Å². The zero-order chi connectivity index (χ0) is 6.41. The van der Waals surface area contributed by atoms with Crippen LogP contribution in [0.15, 0.2) is 0 Å². The van der Waals surface area contributed by atoms with Gasteiger partial charge in [0.25, 0.3) is 0 Å². The maximum Gasteiger partial charge on any atom is -0.369 e. The van der Waals surface area contributed by atoms with Crippen LogP contribution in [-0.4, -0.2) is 0 Å². The van der Waals surface area contributed by atoms with Gasteiger partial charge >= 0.3 is 35.3 Å². The van der Waals surface area contributed by atoms with Gasteiger partial charge in [0.05, 0.1) is 0 Å². The minimum absolute atomic E-state index is 0. The first-order valence-corrected chi connectivity index (χ1v) is 8.33. The number of hydrogen-bond donors (Lipinski definition) is 4. The van der Waals surface area contributed by atoms with Crippen LogP contribution >= 0.6 is 0 Å². The Morgan fingerprint density at radius 3 is 0.455 bits per heavy atom. The molecule has 0 aromatic carbocycles. The summed E-state index contributed by atoms with van der Waals surface area (Å²) in [5.74, 6) is 0. The van der Waals surface area contributed by atoms with Crippen molar-refractivity contribution in [2.75, 3.05) is 0 Å². The fourth-order valence-corrected chi connectivity index (χ4v) is 0. The van der Waals surface area contributed by atoms with E-state index < -0.39 is 15.4 Å². The van der Waals surface area contributed by atoms with Crippen LogP contribution in [0.1, 0.15) is 0 Å². The van der Waals surface area contributed by atoms with E-state index in [-0.39, 0.29) is 24.6 Å². The van der Waals surface area contributed by atoms with Gasteiger partial charge in [0.15, 0.2) is 0 Å².